The Morgan fingerprint density at radius 1 is 1.07 bits per heavy atom. The van der Waals surface area contributed by atoms with Crippen LogP contribution in [0.15, 0.2) is 66.8 Å². The summed E-state index contributed by atoms with van der Waals surface area (Å²) in [6.07, 6.45) is 5.14. The van der Waals surface area contributed by atoms with Gasteiger partial charge in [-0.3, -0.25) is 19.2 Å². The quantitative estimate of drug-likeness (QED) is 0.436. The molecule has 2 aliphatic carbocycles. The van der Waals surface area contributed by atoms with Crippen LogP contribution in [0.3, 0.4) is 0 Å². The fourth-order valence-electron chi connectivity index (χ4n) is 6.98. The number of esters is 2. The number of aliphatic hydroxyl groups is 1. The Morgan fingerprint density at radius 2 is 1.73 bits per heavy atom. The average Bonchev–Trinajstić information content (AvgIpc) is 3.17. The molecule has 8 nitrogen and oxygen atoms in total. The van der Waals surface area contributed by atoms with Gasteiger partial charge in [0.05, 0.1) is 0 Å². The molecule has 8 heteroatoms. The Morgan fingerprint density at radius 3 is 2.35 bits per heavy atom. The number of nitrogens with one attached hydrogen (secondary N) is 1. The van der Waals surface area contributed by atoms with E-state index in [-0.39, 0.29) is 17.9 Å². The number of ether oxygens (including phenoxy) is 2. The van der Waals surface area contributed by atoms with Crippen LogP contribution >= 0.6 is 0 Å². The molecule has 0 unspecified atom stereocenters. The maximum absolute atomic E-state index is 14.4. The van der Waals surface area contributed by atoms with Crippen molar-refractivity contribution in [3.05, 3.63) is 72.4 Å². The highest BCUT2D eigenvalue weighted by Crippen LogP contribution is 2.59. The van der Waals surface area contributed by atoms with Gasteiger partial charge in [-0.2, -0.15) is 0 Å². The maximum Gasteiger partial charge on any atom is 0.303 e. The summed E-state index contributed by atoms with van der Waals surface area (Å²) < 4.78 is 11.7. The Balaban J connectivity index is 1.99. The second kappa shape index (κ2) is 11.2. The van der Waals surface area contributed by atoms with E-state index >= 15 is 0 Å². The molecule has 1 aromatic rings. The first kappa shape index (κ1) is 29.5. The van der Waals surface area contributed by atoms with Gasteiger partial charge in [0.25, 0.3) is 0 Å². The largest absolute Gasteiger partial charge is 0.457 e. The summed E-state index contributed by atoms with van der Waals surface area (Å²) in [4.78, 5) is 52.3. The molecule has 9 atom stereocenters. The summed E-state index contributed by atoms with van der Waals surface area (Å²) >= 11 is 0. The lowest BCUT2D eigenvalue weighted by Gasteiger charge is -2.53. The van der Waals surface area contributed by atoms with Crippen LogP contribution in [0.25, 0.3) is 0 Å². The Kier molecular flexibility index (Phi) is 8.22. The molecule has 2 fully saturated rings. The number of rotatable bonds is 4. The molecule has 0 bridgehead atoms. The summed E-state index contributed by atoms with van der Waals surface area (Å²) in [5.74, 6) is -3.94. The van der Waals surface area contributed by atoms with Gasteiger partial charge in [0.2, 0.25) is 5.91 Å². The summed E-state index contributed by atoms with van der Waals surface area (Å²) in [6, 6.07) is 9.42. The minimum atomic E-state index is -1.85. The van der Waals surface area contributed by atoms with Crippen LogP contribution in [0, 0.1) is 29.1 Å². The van der Waals surface area contributed by atoms with Gasteiger partial charge in [-0.1, -0.05) is 62.9 Å². The lowest BCUT2D eigenvalue weighted by molar-refractivity contribution is -0.173. The van der Waals surface area contributed by atoms with Gasteiger partial charge in [0, 0.05) is 37.6 Å². The third-order valence-electron chi connectivity index (χ3n) is 8.79. The van der Waals surface area contributed by atoms with Crippen molar-refractivity contribution in [3.8, 4) is 0 Å². The Hall–Kier alpha value is -3.52. The smallest absolute Gasteiger partial charge is 0.303 e. The maximum atomic E-state index is 14.4. The fourth-order valence-corrected chi connectivity index (χ4v) is 6.98. The zero-order valence-electron chi connectivity index (χ0n) is 23.8. The van der Waals surface area contributed by atoms with Crippen LogP contribution < -0.4 is 5.32 Å². The van der Waals surface area contributed by atoms with E-state index in [1.54, 1.807) is 19.1 Å². The molecule has 2 N–H and O–H groups in total. The first-order chi connectivity index (χ1) is 18.8. The highest BCUT2D eigenvalue weighted by Gasteiger charge is 2.69. The molecule has 3 aliphatic rings. The Labute approximate surface area is 235 Å². The van der Waals surface area contributed by atoms with Crippen LogP contribution in [-0.4, -0.2) is 52.6 Å². The highest BCUT2D eigenvalue weighted by atomic mass is 16.6. The molecule has 1 spiro atoms. The van der Waals surface area contributed by atoms with Crippen molar-refractivity contribution in [2.75, 3.05) is 0 Å². The summed E-state index contributed by atoms with van der Waals surface area (Å²) in [5.41, 5.74) is -1.59. The highest BCUT2D eigenvalue weighted by molar-refractivity contribution is 5.91. The molecular formula is C32H39NO7. The van der Waals surface area contributed by atoms with E-state index in [2.05, 4.69) is 11.9 Å². The molecule has 1 heterocycles. The van der Waals surface area contributed by atoms with Crippen LogP contribution in [0.4, 0.5) is 0 Å². The third kappa shape index (κ3) is 5.17. The molecule has 1 amide bonds. The minimum absolute atomic E-state index is 0.294. The SMILES string of the molecule is C=C1[C@@H](C)[C@H]2[C@H](Cc3ccccc3)NC(=O)[C@]23[C@H](OC(C)=O)C=C[C@@](C)(O)C(=O)[C@@H](C)CC=C[C@H]3[C@@H]1OC(C)=O. The Bertz CT molecular complexity index is 1250. The number of hydrogen-bond donors (Lipinski definition) is 2. The minimum Gasteiger partial charge on any atom is -0.457 e. The van der Waals surface area contributed by atoms with Crippen molar-refractivity contribution in [2.24, 2.45) is 29.1 Å². The van der Waals surface area contributed by atoms with Crippen molar-refractivity contribution < 1.29 is 33.8 Å². The van der Waals surface area contributed by atoms with Crippen molar-refractivity contribution in [1.82, 2.24) is 5.32 Å². The molecule has 0 radical (unpaired) electrons. The van der Waals surface area contributed by atoms with E-state index in [1.807, 2.05) is 37.3 Å². The molecule has 1 aliphatic heterocycles. The van der Waals surface area contributed by atoms with Gasteiger partial charge >= 0.3 is 11.9 Å². The fraction of sp³-hybridized carbons (Fsp3) is 0.500. The zero-order chi connectivity index (χ0) is 29.4. The standard InChI is InChI=1S/C32H39NO7/c1-18-11-10-14-24-28(40-22(5)35)20(3)19(2)27-25(17-23-12-8-7-9-13-23)33-30(37)32(24,27)26(39-21(4)34)15-16-31(6,38)29(18)36/h7-10,12-16,18-19,24-28,38H,3,11,17H2,1-2,4-6H3,(H,33,37)/t18-,19+,24-,25-,26+,27-,28+,31+,32+/m0/s1. The molecule has 40 heavy (non-hydrogen) atoms. The molecule has 1 aromatic carbocycles. The first-order valence-corrected chi connectivity index (χ1v) is 13.8. The first-order valence-electron chi connectivity index (χ1n) is 13.8. The van der Waals surface area contributed by atoms with E-state index < -0.39 is 58.7 Å². The van der Waals surface area contributed by atoms with Crippen LogP contribution in [0.1, 0.15) is 46.6 Å². The van der Waals surface area contributed by atoms with Gasteiger partial charge in [0.1, 0.15) is 23.2 Å². The molecule has 1 saturated heterocycles. The van der Waals surface area contributed by atoms with E-state index in [9.17, 15) is 24.3 Å². The van der Waals surface area contributed by atoms with Gasteiger partial charge in [0.15, 0.2) is 5.78 Å². The number of Topliss-reactive ketones (excluding diaryl/α,β-unsaturated/α-hetero) is 1. The third-order valence-corrected chi connectivity index (χ3v) is 8.79. The lowest BCUT2D eigenvalue weighted by atomic mass is 9.51. The van der Waals surface area contributed by atoms with Gasteiger partial charge in [-0.25, -0.2) is 0 Å². The number of allylic oxidation sites excluding steroid dienone is 1. The van der Waals surface area contributed by atoms with Crippen molar-refractivity contribution in [1.29, 1.82) is 0 Å². The summed E-state index contributed by atoms with van der Waals surface area (Å²) in [6.45, 7) is 11.9. The number of ketones is 1. The van der Waals surface area contributed by atoms with Gasteiger partial charge in [-0.15, -0.1) is 0 Å². The topological polar surface area (TPSA) is 119 Å². The van der Waals surface area contributed by atoms with Gasteiger partial charge in [-0.05, 0) is 49.0 Å². The predicted octanol–water partition coefficient (Wildman–Crippen LogP) is 3.49. The number of hydrogen-bond acceptors (Lipinski definition) is 7. The van der Waals surface area contributed by atoms with E-state index in [4.69, 9.17) is 9.47 Å². The van der Waals surface area contributed by atoms with Crippen LogP contribution in [0.2, 0.25) is 0 Å². The zero-order valence-corrected chi connectivity index (χ0v) is 23.8. The molecule has 0 aromatic heterocycles. The van der Waals surface area contributed by atoms with Crippen LogP contribution in [0.5, 0.6) is 0 Å². The van der Waals surface area contributed by atoms with E-state index in [0.29, 0.717) is 18.4 Å². The predicted molar refractivity (Wildman–Crippen MR) is 149 cm³/mol. The number of amides is 1. The average molecular weight is 550 g/mol. The monoisotopic (exact) mass is 549 g/mol. The number of benzene rings is 1. The second-order valence-corrected chi connectivity index (χ2v) is 11.6. The lowest BCUT2D eigenvalue weighted by Crippen LogP contribution is -2.61. The molecular weight excluding hydrogens is 510 g/mol. The number of carbonyl (C=O) groups excluding carboxylic acids is 4. The number of carbonyl (C=O) groups is 4. The van der Waals surface area contributed by atoms with Crippen LogP contribution in [-0.2, 0) is 35.1 Å². The van der Waals surface area contributed by atoms with Crippen molar-refractivity contribution >= 4 is 23.6 Å². The molecule has 214 valence electrons. The normalized spacial score (nSPS) is 37.5. The van der Waals surface area contributed by atoms with Crippen molar-refractivity contribution in [3.63, 3.8) is 0 Å². The van der Waals surface area contributed by atoms with E-state index in [0.717, 1.165) is 5.56 Å². The summed E-state index contributed by atoms with van der Waals surface area (Å²) in [5, 5.41) is 14.3. The second-order valence-electron chi connectivity index (χ2n) is 11.6. The van der Waals surface area contributed by atoms with E-state index in [1.165, 1.54) is 32.9 Å². The molecule has 1 saturated carbocycles. The molecule has 4 rings (SSSR count). The summed E-state index contributed by atoms with van der Waals surface area (Å²) in [7, 11) is 0. The van der Waals surface area contributed by atoms with Crippen molar-refractivity contribution in [2.45, 2.75) is 71.3 Å². The van der Waals surface area contributed by atoms with Gasteiger partial charge < -0.3 is 19.9 Å².